The SMILES string of the molecule is Fc1ccc([C@]2(C3CCCCC3)CC=CO2)cc1. The molecule has 2 aliphatic rings. The number of rotatable bonds is 2. The van der Waals surface area contributed by atoms with E-state index in [-0.39, 0.29) is 11.4 Å². The maximum Gasteiger partial charge on any atom is 0.139 e. The Morgan fingerprint density at radius 3 is 2.39 bits per heavy atom. The maximum atomic E-state index is 13.1. The first kappa shape index (κ1) is 11.8. The van der Waals surface area contributed by atoms with E-state index >= 15 is 0 Å². The van der Waals surface area contributed by atoms with E-state index < -0.39 is 0 Å². The molecule has 0 N–H and O–H groups in total. The van der Waals surface area contributed by atoms with Crippen molar-refractivity contribution in [3.63, 3.8) is 0 Å². The molecule has 1 aromatic rings. The average molecular weight is 246 g/mol. The van der Waals surface area contributed by atoms with Crippen molar-refractivity contribution in [2.24, 2.45) is 5.92 Å². The van der Waals surface area contributed by atoms with Gasteiger partial charge in [-0.3, -0.25) is 0 Å². The van der Waals surface area contributed by atoms with E-state index in [0.717, 1.165) is 12.0 Å². The Kier molecular flexibility index (Phi) is 3.11. The topological polar surface area (TPSA) is 9.23 Å². The molecule has 1 heterocycles. The van der Waals surface area contributed by atoms with Gasteiger partial charge in [0.05, 0.1) is 6.26 Å². The Hall–Kier alpha value is -1.31. The van der Waals surface area contributed by atoms with Crippen molar-refractivity contribution in [1.29, 1.82) is 0 Å². The summed E-state index contributed by atoms with van der Waals surface area (Å²) in [5.41, 5.74) is 0.898. The van der Waals surface area contributed by atoms with Gasteiger partial charge >= 0.3 is 0 Å². The summed E-state index contributed by atoms with van der Waals surface area (Å²) in [6, 6.07) is 6.86. The molecule has 1 aliphatic heterocycles. The molecule has 2 heteroatoms. The third-order valence-corrected chi connectivity index (χ3v) is 4.39. The molecule has 0 unspecified atom stereocenters. The smallest absolute Gasteiger partial charge is 0.139 e. The van der Waals surface area contributed by atoms with Crippen molar-refractivity contribution in [2.45, 2.75) is 44.1 Å². The van der Waals surface area contributed by atoms with Crippen LogP contribution < -0.4 is 0 Å². The fourth-order valence-corrected chi connectivity index (χ4v) is 3.43. The van der Waals surface area contributed by atoms with Crippen LogP contribution >= 0.6 is 0 Å². The summed E-state index contributed by atoms with van der Waals surface area (Å²) in [5, 5.41) is 0. The zero-order valence-electron chi connectivity index (χ0n) is 10.6. The highest BCUT2D eigenvalue weighted by molar-refractivity contribution is 5.27. The molecule has 96 valence electrons. The molecule has 0 saturated heterocycles. The van der Waals surface area contributed by atoms with Crippen molar-refractivity contribution < 1.29 is 9.13 Å². The summed E-state index contributed by atoms with van der Waals surface area (Å²) in [6.45, 7) is 0. The maximum absolute atomic E-state index is 13.1. The normalized spacial score (nSPS) is 28.3. The Balaban J connectivity index is 1.93. The predicted octanol–water partition coefficient (Wildman–Crippen LogP) is 4.54. The van der Waals surface area contributed by atoms with Crippen LogP contribution in [-0.2, 0) is 10.3 Å². The zero-order chi connectivity index (χ0) is 12.4. The first-order valence-corrected chi connectivity index (χ1v) is 6.90. The number of hydrogen-bond acceptors (Lipinski definition) is 1. The second-order valence-corrected chi connectivity index (χ2v) is 5.43. The molecule has 1 nitrogen and oxygen atoms in total. The molecule has 1 saturated carbocycles. The lowest BCUT2D eigenvalue weighted by Crippen LogP contribution is -2.35. The van der Waals surface area contributed by atoms with Gasteiger partial charge in [0.1, 0.15) is 11.4 Å². The molecule has 1 aliphatic carbocycles. The molecule has 1 fully saturated rings. The van der Waals surface area contributed by atoms with E-state index in [4.69, 9.17) is 4.74 Å². The molecule has 1 atom stereocenters. The van der Waals surface area contributed by atoms with Crippen LogP contribution in [0, 0.1) is 11.7 Å². The van der Waals surface area contributed by atoms with Crippen molar-refractivity contribution in [3.8, 4) is 0 Å². The molecule has 0 aromatic heterocycles. The summed E-state index contributed by atoms with van der Waals surface area (Å²) in [7, 11) is 0. The van der Waals surface area contributed by atoms with Crippen molar-refractivity contribution in [2.75, 3.05) is 0 Å². The van der Waals surface area contributed by atoms with Gasteiger partial charge < -0.3 is 4.74 Å². The van der Waals surface area contributed by atoms with Crippen LogP contribution in [0.5, 0.6) is 0 Å². The molecule has 3 rings (SSSR count). The number of halogens is 1. The van der Waals surface area contributed by atoms with E-state index in [9.17, 15) is 4.39 Å². The summed E-state index contributed by atoms with van der Waals surface area (Å²) in [6.07, 6.45) is 11.2. The summed E-state index contributed by atoms with van der Waals surface area (Å²) >= 11 is 0. The van der Waals surface area contributed by atoms with E-state index in [2.05, 4.69) is 6.08 Å². The van der Waals surface area contributed by atoms with Gasteiger partial charge in [-0.25, -0.2) is 4.39 Å². The zero-order valence-corrected chi connectivity index (χ0v) is 10.6. The number of ether oxygens (including phenoxy) is 1. The molecule has 18 heavy (non-hydrogen) atoms. The molecule has 0 bridgehead atoms. The van der Waals surface area contributed by atoms with Crippen LogP contribution in [0.1, 0.15) is 44.1 Å². The Morgan fingerprint density at radius 1 is 1.06 bits per heavy atom. The first-order chi connectivity index (χ1) is 8.81. The highest BCUT2D eigenvalue weighted by atomic mass is 19.1. The van der Waals surface area contributed by atoms with Crippen molar-refractivity contribution >= 4 is 0 Å². The van der Waals surface area contributed by atoms with E-state index in [1.54, 1.807) is 12.1 Å². The molecular weight excluding hydrogens is 227 g/mol. The van der Waals surface area contributed by atoms with Gasteiger partial charge in [0.25, 0.3) is 0 Å². The Labute approximate surface area is 108 Å². The monoisotopic (exact) mass is 246 g/mol. The highest BCUT2D eigenvalue weighted by Crippen LogP contribution is 2.47. The highest BCUT2D eigenvalue weighted by Gasteiger charge is 2.43. The van der Waals surface area contributed by atoms with Gasteiger partial charge in [-0.2, -0.15) is 0 Å². The van der Waals surface area contributed by atoms with Gasteiger partial charge in [-0.1, -0.05) is 31.4 Å². The van der Waals surface area contributed by atoms with Crippen LogP contribution in [0.2, 0.25) is 0 Å². The Morgan fingerprint density at radius 2 is 1.78 bits per heavy atom. The third kappa shape index (κ3) is 1.94. The fourth-order valence-electron chi connectivity index (χ4n) is 3.43. The molecule has 0 radical (unpaired) electrons. The summed E-state index contributed by atoms with van der Waals surface area (Å²) in [5.74, 6) is 0.384. The van der Waals surface area contributed by atoms with Crippen LogP contribution in [0.25, 0.3) is 0 Å². The molecule has 1 aromatic carbocycles. The minimum absolute atomic E-state index is 0.177. The van der Waals surface area contributed by atoms with Crippen LogP contribution in [0.15, 0.2) is 36.6 Å². The standard InChI is InChI=1S/C16H19FO/c17-15-9-7-14(8-10-15)16(11-4-12-18-16)13-5-2-1-3-6-13/h4,7-10,12-13H,1-3,5-6,11H2/t16-/m1/s1. The number of benzene rings is 1. The lowest BCUT2D eigenvalue weighted by atomic mass is 9.72. The molecule has 0 spiro atoms. The first-order valence-electron chi connectivity index (χ1n) is 6.90. The van der Waals surface area contributed by atoms with Crippen LogP contribution in [-0.4, -0.2) is 0 Å². The van der Waals surface area contributed by atoms with E-state index in [1.807, 2.05) is 18.4 Å². The Bertz CT molecular complexity index is 421. The lowest BCUT2D eigenvalue weighted by molar-refractivity contribution is -0.0322. The van der Waals surface area contributed by atoms with Crippen molar-refractivity contribution in [3.05, 3.63) is 48.0 Å². The van der Waals surface area contributed by atoms with Gasteiger partial charge in [-0.05, 0) is 36.6 Å². The average Bonchev–Trinajstić information content (AvgIpc) is 2.91. The second kappa shape index (κ2) is 4.75. The third-order valence-electron chi connectivity index (χ3n) is 4.39. The molecule has 0 amide bonds. The lowest BCUT2D eigenvalue weighted by Gasteiger charge is -2.39. The predicted molar refractivity (Wildman–Crippen MR) is 69.5 cm³/mol. The van der Waals surface area contributed by atoms with Crippen LogP contribution in [0.4, 0.5) is 4.39 Å². The summed E-state index contributed by atoms with van der Waals surface area (Å²) in [4.78, 5) is 0. The minimum atomic E-state index is -0.228. The van der Waals surface area contributed by atoms with Gasteiger partial charge in [-0.15, -0.1) is 0 Å². The minimum Gasteiger partial charge on any atom is -0.490 e. The van der Waals surface area contributed by atoms with Crippen molar-refractivity contribution in [1.82, 2.24) is 0 Å². The molecular formula is C16H19FO. The number of hydrogen-bond donors (Lipinski definition) is 0. The van der Waals surface area contributed by atoms with Gasteiger partial charge in [0, 0.05) is 12.3 Å². The second-order valence-electron chi connectivity index (χ2n) is 5.43. The van der Waals surface area contributed by atoms with E-state index in [1.165, 1.54) is 32.1 Å². The largest absolute Gasteiger partial charge is 0.490 e. The summed E-state index contributed by atoms with van der Waals surface area (Å²) < 4.78 is 19.1. The quantitative estimate of drug-likeness (QED) is 0.744. The van der Waals surface area contributed by atoms with Crippen LogP contribution in [0.3, 0.4) is 0 Å². The van der Waals surface area contributed by atoms with Gasteiger partial charge in [0.15, 0.2) is 0 Å². The van der Waals surface area contributed by atoms with E-state index in [0.29, 0.717) is 5.92 Å². The van der Waals surface area contributed by atoms with Gasteiger partial charge in [0.2, 0.25) is 0 Å². The fraction of sp³-hybridized carbons (Fsp3) is 0.500.